The molecule has 1 fully saturated rings. The Hall–Kier alpha value is -2.24. The summed E-state index contributed by atoms with van der Waals surface area (Å²) in [6.45, 7) is 3.47. The van der Waals surface area contributed by atoms with Crippen molar-refractivity contribution in [3.63, 3.8) is 0 Å². The maximum absolute atomic E-state index is 11.9. The quantitative estimate of drug-likeness (QED) is 0.657. The lowest BCUT2D eigenvalue weighted by molar-refractivity contribution is -0.141. The van der Waals surface area contributed by atoms with Crippen LogP contribution in [0.5, 0.6) is 11.5 Å². The van der Waals surface area contributed by atoms with Gasteiger partial charge in [-0.2, -0.15) is 0 Å². The van der Waals surface area contributed by atoms with Gasteiger partial charge in [0.05, 0.1) is 19.6 Å². The van der Waals surface area contributed by atoms with E-state index < -0.39 is 11.9 Å². The summed E-state index contributed by atoms with van der Waals surface area (Å²) < 4.78 is 11.2. The highest BCUT2D eigenvalue weighted by atomic mass is 16.5. The maximum Gasteiger partial charge on any atom is 0.308 e. The van der Waals surface area contributed by atoms with Crippen LogP contribution in [-0.2, 0) is 16.1 Å². The second-order valence-electron chi connectivity index (χ2n) is 6.41. The number of carboxylic acids is 1. The van der Waals surface area contributed by atoms with E-state index in [0.29, 0.717) is 24.7 Å². The topological polar surface area (TPSA) is 76.1 Å². The highest BCUT2D eigenvalue weighted by Crippen LogP contribution is 2.30. The van der Waals surface area contributed by atoms with E-state index in [2.05, 4.69) is 6.92 Å². The fourth-order valence-electron chi connectivity index (χ4n) is 2.95. The Labute approximate surface area is 148 Å². The van der Waals surface area contributed by atoms with Crippen LogP contribution in [0.3, 0.4) is 0 Å². The van der Waals surface area contributed by atoms with E-state index in [1.54, 1.807) is 12.0 Å². The first-order valence-electron chi connectivity index (χ1n) is 8.85. The molecule has 1 unspecified atom stereocenters. The van der Waals surface area contributed by atoms with Crippen molar-refractivity contribution in [2.75, 3.05) is 20.3 Å². The lowest BCUT2D eigenvalue weighted by Crippen LogP contribution is -2.25. The molecular formula is C19H27NO5. The highest BCUT2D eigenvalue weighted by molar-refractivity contribution is 5.86. The first-order valence-corrected chi connectivity index (χ1v) is 8.85. The summed E-state index contributed by atoms with van der Waals surface area (Å²) >= 11 is 0. The third kappa shape index (κ3) is 5.37. The molecule has 1 aliphatic rings. The van der Waals surface area contributed by atoms with Gasteiger partial charge in [-0.15, -0.1) is 0 Å². The molecule has 1 aliphatic heterocycles. The molecule has 1 saturated heterocycles. The standard InChI is InChI=1S/C19H27NO5/c1-3-4-5-6-9-25-16-8-7-14(10-17(16)24-2)12-20-13-15(19(22)23)11-18(20)21/h7-8,10,15H,3-6,9,11-13H2,1-2H3,(H,22,23). The number of carbonyl (C=O) groups is 2. The Morgan fingerprint density at radius 1 is 1.28 bits per heavy atom. The number of aliphatic carboxylic acids is 1. The zero-order chi connectivity index (χ0) is 18.2. The fourth-order valence-corrected chi connectivity index (χ4v) is 2.95. The summed E-state index contributed by atoms with van der Waals surface area (Å²) in [6.07, 6.45) is 4.64. The van der Waals surface area contributed by atoms with Gasteiger partial charge >= 0.3 is 5.97 Å². The minimum absolute atomic E-state index is 0.0748. The number of amides is 1. The summed E-state index contributed by atoms with van der Waals surface area (Å²) in [5.74, 6) is -0.323. The van der Waals surface area contributed by atoms with Crippen LogP contribution in [0.15, 0.2) is 18.2 Å². The fraction of sp³-hybridized carbons (Fsp3) is 0.579. The molecule has 0 saturated carbocycles. The number of methoxy groups -OCH3 is 1. The zero-order valence-electron chi connectivity index (χ0n) is 15.0. The molecule has 25 heavy (non-hydrogen) atoms. The molecule has 1 N–H and O–H groups in total. The second-order valence-corrected chi connectivity index (χ2v) is 6.41. The number of unbranched alkanes of at least 4 members (excludes halogenated alkanes) is 3. The van der Waals surface area contributed by atoms with Gasteiger partial charge in [0.15, 0.2) is 11.5 Å². The number of carboxylic acid groups (broad SMARTS) is 1. The van der Waals surface area contributed by atoms with Gasteiger partial charge in [0.1, 0.15) is 0 Å². The predicted molar refractivity (Wildman–Crippen MR) is 93.8 cm³/mol. The average Bonchev–Trinajstić information content (AvgIpc) is 2.96. The van der Waals surface area contributed by atoms with Gasteiger partial charge in [0.2, 0.25) is 5.91 Å². The lowest BCUT2D eigenvalue weighted by Gasteiger charge is -2.17. The third-order valence-electron chi connectivity index (χ3n) is 4.42. The molecule has 1 aromatic rings. The number of likely N-dealkylation sites (tertiary alicyclic amines) is 1. The number of hydrogen-bond acceptors (Lipinski definition) is 4. The van der Waals surface area contributed by atoms with Crippen molar-refractivity contribution >= 4 is 11.9 Å². The number of rotatable bonds is 10. The summed E-state index contributed by atoms with van der Waals surface area (Å²) in [7, 11) is 1.59. The predicted octanol–water partition coefficient (Wildman–Crippen LogP) is 3.09. The van der Waals surface area contributed by atoms with E-state index in [1.807, 2.05) is 18.2 Å². The third-order valence-corrected chi connectivity index (χ3v) is 4.42. The first-order chi connectivity index (χ1) is 12.0. The second kappa shape index (κ2) is 9.30. The minimum Gasteiger partial charge on any atom is -0.493 e. The Morgan fingerprint density at radius 3 is 2.72 bits per heavy atom. The van der Waals surface area contributed by atoms with E-state index >= 15 is 0 Å². The molecule has 1 heterocycles. The van der Waals surface area contributed by atoms with Crippen molar-refractivity contribution < 1.29 is 24.2 Å². The number of hydrogen-bond donors (Lipinski definition) is 1. The molecule has 0 aliphatic carbocycles. The van der Waals surface area contributed by atoms with Crippen LogP contribution in [0, 0.1) is 5.92 Å². The molecule has 0 bridgehead atoms. The average molecular weight is 349 g/mol. The van der Waals surface area contributed by atoms with Crippen LogP contribution in [0.1, 0.15) is 44.6 Å². The molecule has 1 atom stereocenters. The number of carbonyl (C=O) groups excluding carboxylic acids is 1. The monoisotopic (exact) mass is 349 g/mol. The van der Waals surface area contributed by atoms with Crippen LogP contribution in [0.25, 0.3) is 0 Å². The first kappa shape index (κ1) is 19.1. The van der Waals surface area contributed by atoms with Crippen molar-refractivity contribution in [2.24, 2.45) is 5.92 Å². The van der Waals surface area contributed by atoms with Crippen molar-refractivity contribution in [1.29, 1.82) is 0 Å². The van der Waals surface area contributed by atoms with E-state index in [-0.39, 0.29) is 18.9 Å². The molecule has 138 valence electrons. The van der Waals surface area contributed by atoms with Gasteiger partial charge in [-0.3, -0.25) is 9.59 Å². The maximum atomic E-state index is 11.9. The molecule has 6 heteroatoms. The Balaban J connectivity index is 1.94. The van der Waals surface area contributed by atoms with Crippen LogP contribution in [-0.4, -0.2) is 42.1 Å². The molecular weight excluding hydrogens is 322 g/mol. The lowest BCUT2D eigenvalue weighted by atomic mass is 10.1. The normalized spacial score (nSPS) is 17.0. The summed E-state index contributed by atoms with van der Waals surface area (Å²) in [5.41, 5.74) is 0.898. The molecule has 0 radical (unpaired) electrons. The van der Waals surface area contributed by atoms with E-state index in [0.717, 1.165) is 18.4 Å². The van der Waals surface area contributed by atoms with Gasteiger partial charge < -0.3 is 19.5 Å². The van der Waals surface area contributed by atoms with Crippen LogP contribution < -0.4 is 9.47 Å². The van der Waals surface area contributed by atoms with Crippen LogP contribution in [0.4, 0.5) is 0 Å². The van der Waals surface area contributed by atoms with Gasteiger partial charge in [0, 0.05) is 19.5 Å². The van der Waals surface area contributed by atoms with Crippen molar-refractivity contribution in [1.82, 2.24) is 4.90 Å². The van der Waals surface area contributed by atoms with Crippen LogP contribution >= 0.6 is 0 Å². The minimum atomic E-state index is -0.916. The molecule has 6 nitrogen and oxygen atoms in total. The van der Waals surface area contributed by atoms with Gasteiger partial charge in [-0.1, -0.05) is 32.3 Å². The molecule has 0 spiro atoms. The number of ether oxygens (including phenoxy) is 2. The van der Waals surface area contributed by atoms with Crippen LogP contribution in [0.2, 0.25) is 0 Å². The molecule has 2 rings (SSSR count). The van der Waals surface area contributed by atoms with E-state index in [9.17, 15) is 9.59 Å². The Morgan fingerprint density at radius 2 is 2.08 bits per heavy atom. The SMILES string of the molecule is CCCCCCOc1ccc(CN2CC(C(=O)O)CC2=O)cc1OC. The Kier molecular flexibility index (Phi) is 7.10. The number of nitrogens with zero attached hydrogens (tertiary/aromatic N) is 1. The summed E-state index contributed by atoms with van der Waals surface area (Å²) in [4.78, 5) is 24.6. The molecule has 1 amide bonds. The van der Waals surface area contributed by atoms with E-state index in [1.165, 1.54) is 12.8 Å². The van der Waals surface area contributed by atoms with Gasteiger partial charge in [0.25, 0.3) is 0 Å². The summed E-state index contributed by atoms with van der Waals surface area (Å²) in [5, 5.41) is 9.05. The zero-order valence-corrected chi connectivity index (χ0v) is 15.0. The summed E-state index contributed by atoms with van der Waals surface area (Å²) in [6, 6.07) is 5.59. The number of benzene rings is 1. The molecule has 0 aromatic heterocycles. The van der Waals surface area contributed by atoms with Crippen molar-refractivity contribution in [2.45, 2.75) is 45.6 Å². The largest absolute Gasteiger partial charge is 0.493 e. The molecule has 1 aromatic carbocycles. The van der Waals surface area contributed by atoms with Crippen molar-refractivity contribution in [3.05, 3.63) is 23.8 Å². The smallest absolute Gasteiger partial charge is 0.308 e. The van der Waals surface area contributed by atoms with Gasteiger partial charge in [-0.05, 0) is 24.1 Å². The van der Waals surface area contributed by atoms with Gasteiger partial charge in [-0.25, -0.2) is 0 Å². The van der Waals surface area contributed by atoms with Crippen molar-refractivity contribution in [3.8, 4) is 11.5 Å². The van der Waals surface area contributed by atoms with E-state index in [4.69, 9.17) is 14.6 Å². The Bertz CT molecular complexity index is 601. The highest BCUT2D eigenvalue weighted by Gasteiger charge is 2.34.